The van der Waals surface area contributed by atoms with Crippen LogP contribution in [0.15, 0.2) is 0 Å². The van der Waals surface area contributed by atoms with E-state index in [1.165, 1.54) is 0 Å². The summed E-state index contributed by atoms with van der Waals surface area (Å²) in [5, 5.41) is 4.16. The number of anilines is 1. The third-order valence-corrected chi connectivity index (χ3v) is 2.55. The number of nitrogen functional groups attached to an aromatic ring is 1. The monoisotopic (exact) mass is 225 g/mol. The molecule has 0 aliphatic carbocycles. The molecule has 1 aromatic rings. The number of ether oxygens (including phenoxy) is 2. The molecule has 6 nitrogen and oxygen atoms in total. The molecule has 0 aromatic carbocycles. The van der Waals surface area contributed by atoms with Crippen LogP contribution < -0.4 is 5.73 Å². The Morgan fingerprint density at radius 3 is 2.88 bits per heavy atom. The number of nitrogens with two attached hydrogens (primary N) is 1. The first kappa shape index (κ1) is 10.9. The molecule has 2 N–H and O–H groups in total. The average Bonchev–Trinajstić information content (AvgIpc) is 2.49. The maximum absolute atomic E-state index is 11.8. The fourth-order valence-corrected chi connectivity index (χ4v) is 1.53. The van der Waals surface area contributed by atoms with Crippen molar-refractivity contribution in [1.82, 2.24) is 9.78 Å². The molecule has 1 fully saturated rings. The van der Waals surface area contributed by atoms with Gasteiger partial charge in [0.05, 0.1) is 24.6 Å². The van der Waals surface area contributed by atoms with Gasteiger partial charge in [-0.1, -0.05) is 0 Å². The molecule has 1 aliphatic heterocycles. The molecule has 0 bridgehead atoms. The highest BCUT2D eigenvalue weighted by atomic mass is 16.6. The average molecular weight is 225 g/mol. The lowest BCUT2D eigenvalue weighted by atomic mass is 10.3. The SMILES string of the molecule is CCn1nc(C)c(N)c1C(=O)OC1COC1. The van der Waals surface area contributed by atoms with Gasteiger partial charge in [0.15, 0.2) is 5.69 Å². The summed E-state index contributed by atoms with van der Waals surface area (Å²) in [4.78, 5) is 11.8. The van der Waals surface area contributed by atoms with Gasteiger partial charge >= 0.3 is 5.97 Å². The second-order valence-electron chi connectivity index (χ2n) is 3.73. The number of aryl methyl sites for hydroxylation is 2. The number of nitrogens with zero attached hydrogens (tertiary/aromatic N) is 2. The van der Waals surface area contributed by atoms with E-state index in [0.29, 0.717) is 36.8 Å². The molecule has 16 heavy (non-hydrogen) atoms. The van der Waals surface area contributed by atoms with E-state index in [-0.39, 0.29) is 6.10 Å². The molecule has 0 unspecified atom stereocenters. The van der Waals surface area contributed by atoms with Crippen LogP contribution in [0.2, 0.25) is 0 Å². The van der Waals surface area contributed by atoms with Gasteiger partial charge in [0.2, 0.25) is 0 Å². The fourth-order valence-electron chi connectivity index (χ4n) is 1.53. The van der Waals surface area contributed by atoms with Crippen molar-refractivity contribution in [3.63, 3.8) is 0 Å². The lowest BCUT2D eigenvalue weighted by Crippen LogP contribution is -2.38. The van der Waals surface area contributed by atoms with Crippen molar-refractivity contribution < 1.29 is 14.3 Å². The van der Waals surface area contributed by atoms with Gasteiger partial charge in [0.25, 0.3) is 0 Å². The lowest BCUT2D eigenvalue weighted by molar-refractivity contribution is -0.103. The maximum Gasteiger partial charge on any atom is 0.359 e. The number of carbonyl (C=O) groups excluding carboxylic acids is 1. The minimum absolute atomic E-state index is 0.146. The van der Waals surface area contributed by atoms with Gasteiger partial charge in [0, 0.05) is 6.54 Å². The molecule has 0 saturated carbocycles. The molecule has 1 aromatic heterocycles. The van der Waals surface area contributed by atoms with Crippen molar-refractivity contribution in [2.75, 3.05) is 18.9 Å². The van der Waals surface area contributed by atoms with Gasteiger partial charge in [-0.05, 0) is 13.8 Å². The second-order valence-corrected chi connectivity index (χ2v) is 3.73. The smallest absolute Gasteiger partial charge is 0.359 e. The Kier molecular flexibility index (Phi) is 2.82. The van der Waals surface area contributed by atoms with Crippen LogP contribution in [0.5, 0.6) is 0 Å². The van der Waals surface area contributed by atoms with E-state index < -0.39 is 5.97 Å². The topological polar surface area (TPSA) is 79.4 Å². The summed E-state index contributed by atoms with van der Waals surface area (Å²) in [6.45, 7) is 5.18. The van der Waals surface area contributed by atoms with Crippen LogP contribution in [0.4, 0.5) is 5.69 Å². The highest BCUT2D eigenvalue weighted by Gasteiger charge is 2.27. The van der Waals surface area contributed by atoms with Gasteiger partial charge in [-0.3, -0.25) is 4.68 Å². The van der Waals surface area contributed by atoms with Crippen molar-refractivity contribution in [2.24, 2.45) is 0 Å². The molecular formula is C10H15N3O3. The zero-order chi connectivity index (χ0) is 11.7. The van der Waals surface area contributed by atoms with E-state index in [1.54, 1.807) is 11.6 Å². The number of carbonyl (C=O) groups is 1. The Morgan fingerprint density at radius 1 is 1.69 bits per heavy atom. The normalized spacial score (nSPS) is 15.9. The molecule has 1 saturated heterocycles. The van der Waals surface area contributed by atoms with E-state index in [9.17, 15) is 4.79 Å². The fraction of sp³-hybridized carbons (Fsp3) is 0.600. The molecule has 2 rings (SSSR count). The number of esters is 1. The van der Waals surface area contributed by atoms with Crippen LogP contribution in [0, 0.1) is 6.92 Å². The highest BCUT2D eigenvalue weighted by molar-refractivity contribution is 5.94. The second kappa shape index (κ2) is 4.13. The number of rotatable bonds is 3. The molecule has 0 amide bonds. The molecule has 88 valence electrons. The van der Waals surface area contributed by atoms with Crippen LogP contribution in [0.1, 0.15) is 23.1 Å². The minimum Gasteiger partial charge on any atom is -0.453 e. The largest absolute Gasteiger partial charge is 0.453 e. The Balaban J connectivity index is 2.20. The predicted molar refractivity (Wildman–Crippen MR) is 57.1 cm³/mol. The molecule has 6 heteroatoms. The van der Waals surface area contributed by atoms with Crippen LogP contribution >= 0.6 is 0 Å². The lowest BCUT2D eigenvalue weighted by Gasteiger charge is -2.25. The number of hydrogen-bond donors (Lipinski definition) is 1. The molecule has 0 radical (unpaired) electrons. The third-order valence-electron chi connectivity index (χ3n) is 2.55. The van der Waals surface area contributed by atoms with Crippen molar-refractivity contribution in [2.45, 2.75) is 26.5 Å². The number of aromatic nitrogens is 2. The van der Waals surface area contributed by atoms with Gasteiger partial charge < -0.3 is 15.2 Å². The summed E-state index contributed by atoms with van der Waals surface area (Å²) >= 11 is 0. The first-order chi connectivity index (χ1) is 7.63. The summed E-state index contributed by atoms with van der Waals surface area (Å²) in [5.74, 6) is -0.423. The van der Waals surface area contributed by atoms with Crippen LogP contribution in [0.3, 0.4) is 0 Å². The Hall–Kier alpha value is -1.56. The number of hydrogen-bond acceptors (Lipinski definition) is 5. The van der Waals surface area contributed by atoms with Crippen molar-refractivity contribution in [1.29, 1.82) is 0 Å². The van der Waals surface area contributed by atoms with Crippen LogP contribution in [-0.2, 0) is 16.0 Å². The Morgan fingerprint density at radius 2 is 2.38 bits per heavy atom. The first-order valence-electron chi connectivity index (χ1n) is 5.25. The minimum atomic E-state index is -0.423. The zero-order valence-corrected chi connectivity index (χ0v) is 9.40. The van der Waals surface area contributed by atoms with E-state index in [0.717, 1.165) is 0 Å². The molecular weight excluding hydrogens is 210 g/mol. The van der Waals surface area contributed by atoms with Gasteiger partial charge in [-0.15, -0.1) is 0 Å². The summed E-state index contributed by atoms with van der Waals surface area (Å²) in [7, 11) is 0. The van der Waals surface area contributed by atoms with Crippen molar-refractivity contribution in [3.8, 4) is 0 Å². The van der Waals surface area contributed by atoms with Crippen molar-refractivity contribution >= 4 is 11.7 Å². The summed E-state index contributed by atoms with van der Waals surface area (Å²) in [5.41, 5.74) is 7.19. The zero-order valence-electron chi connectivity index (χ0n) is 9.40. The molecule has 2 heterocycles. The molecule has 1 aliphatic rings. The van der Waals surface area contributed by atoms with Gasteiger partial charge in [-0.25, -0.2) is 4.79 Å². The van der Waals surface area contributed by atoms with Crippen molar-refractivity contribution in [3.05, 3.63) is 11.4 Å². The van der Waals surface area contributed by atoms with Crippen LogP contribution in [-0.4, -0.2) is 35.1 Å². The quantitative estimate of drug-likeness (QED) is 0.751. The first-order valence-corrected chi connectivity index (χ1v) is 5.25. The maximum atomic E-state index is 11.8. The van der Waals surface area contributed by atoms with Gasteiger partial charge in [-0.2, -0.15) is 5.10 Å². The summed E-state index contributed by atoms with van der Waals surface area (Å²) < 4.78 is 11.7. The highest BCUT2D eigenvalue weighted by Crippen LogP contribution is 2.19. The summed E-state index contributed by atoms with van der Waals surface area (Å²) in [6.07, 6.45) is -0.146. The third kappa shape index (κ3) is 1.76. The molecule has 0 spiro atoms. The van der Waals surface area contributed by atoms with Gasteiger partial charge in [0.1, 0.15) is 6.10 Å². The van der Waals surface area contributed by atoms with Crippen LogP contribution in [0.25, 0.3) is 0 Å². The Labute approximate surface area is 93.3 Å². The predicted octanol–water partition coefficient (Wildman–Crippen LogP) is 0.349. The molecule has 0 atom stereocenters. The van der Waals surface area contributed by atoms with E-state index in [2.05, 4.69) is 5.10 Å². The standard InChI is InChI=1S/C10H15N3O3/c1-3-13-9(8(11)6(2)12-13)10(14)16-7-4-15-5-7/h7H,3-5,11H2,1-2H3. The Bertz CT molecular complexity index is 410. The van der Waals surface area contributed by atoms with E-state index in [1.807, 2.05) is 6.92 Å². The summed E-state index contributed by atoms with van der Waals surface area (Å²) in [6, 6.07) is 0. The van der Waals surface area contributed by atoms with E-state index in [4.69, 9.17) is 15.2 Å². The van der Waals surface area contributed by atoms with E-state index >= 15 is 0 Å².